The van der Waals surface area contributed by atoms with E-state index in [1.54, 1.807) is 6.20 Å². The van der Waals surface area contributed by atoms with Crippen molar-refractivity contribution in [2.75, 3.05) is 0 Å². The fraction of sp³-hybridized carbons (Fsp3) is 0.692. The molecule has 0 aromatic carbocycles. The highest BCUT2D eigenvalue weighted by molar-refractivity contribution is 5.97. The number of carbonyl (C=O) groups excluding carboxylic acids is 1. The Morgan fingerprint density at radius 3 is 2.69 bits per heavy atom. The molecule has 3 heteroatoms. The molecule has 1 aromatic heterocycles. The van der Waals surface area contributed by atoms with E-state index in [9.17, 15) is 4.79 Å². The third-order valence-electron chi connectivity index (χ3n) is 3.55. The van der Waals surface area contributed by atoms with Crippen molar-refractivity contribution in [2.45, 2.75) is 58.4 Å². The molecule has 1 aliphatic rings. The molecule has 0 N–H and O–H groups in total. The number of ketones is 1. The van der Waals surface area contributed by atoms with Gasteiger partial charge in [0.2, 0.25) is 0 Å². The smallest absolute Gasteiger partial charge is 0.166 e. The molecule has 0 fully saturated rings. The molecule has 88 valence electrons. The number of nitrogens with zero attached hydrogens (tertiary/aromatic N) is 2. The van der Waals surface area contributed by atoms with E-state index in [0.717, 1.165) is 37.7 Å². The molecule has 0 unspecified atom stereocenters. The molecule has 1 aliphatic carbocycles. The van der Waals surface area contributed by atoms with Crippen LogP contribution in [0.25, 0.3) is 0 Å². The highest BCUT2D eigenvalue weighted by Gasteiger charge is 2.22. The Hall–Kier alpha value is -1.12. The Labute approximate surface area is 96.8 Å². The van der Waals surface area contributed by atoms with Gasteiger partial charge in [-0.3, -0.25) is 9.48 Å². The van der Waals surface area contributed by atoms with Gasteiger partial charge in [0.1, 0.15) is 0 Å². The van der Waals surface area contributed by atoms with Gasteiger partial charge in [0.15, 0.2) is 5.78 Å². The summed E-state index contributed by atoms with van der Waals surface area (Å²) < 4.78 is 2.10. The van der Waals surface area contributed by atoms with E-state index in [2.05, 4.69) is 23.6 Å². The van der Waals surface area contributed by atoms with Gasteiger partial charge in [0.05, 0.1) is 17.8 Å². The van der Waals surface area contributed by atoms with Crippen LogP contribution in [0.1, 0.15) is 68.0 Å². The summed E-state index contributed by atoms with van der Waals surface area (Å²) in [6, 6.07) is 0.453. The van der Waals surface area contributed by atoms with Crippen LogP contribution in [0.3, 0.4) is 0 Å². The zero-order valence-corrected chi connectivity index (χ0v) is 10.2. The molecule has 3 nitrogen and oxygen atoms in total. The van der Waals surface area contributed by atoms with Gasteiger partial charge in [-0.2, -0.15) is 5.10 Å². The Kier molecular flexibility index (Phi) is 3.42. The topological polar surface area (TPSA) is 34.9 Å². The molecule has 1 aromatic rings. The average Bonchev–Trinajstić information content (AvgIpc) is 2.61. The number of aromatic nitrogens is 2. The predicted molar refractivity (Wildman–Crippen MR) is 63.7 cm³/mol. The van der Waals surface area contributed by atoms with Crippen molar-refractivity contribution in [3.63, 3.8) is 0 Å². The molecular formula is C13H20N2O. The summed E-state index contributed by atoms with van der Waals surface area (Å²) in [5.74, 6) is 0.282. The normalized spacial score (nSPS) is 16.3. The average molecular weight is 220 g/mol. The minimum absolute atomic E-state index is 0.282. The maximum Gasteiger partial charge on any atom is 0.166 e. The molecule has 2 rings (SSSR count). The van der Waals surface area contributed by atoms with Gasteiger partial charge in [-0.25, -0.2) is 0 Å². The van der Waals surface area contributed by atoms with Crippen LogP contribution in [0.2, 0.25) is 0 Å². The van der Waals surface area contributed by atoms with E-state index in [1.165, 1.54) is 5.69 Å². The summed E-state index contributed by atoms with van der Waals surface area (Å²) in [7, 11) is 0. The highest BCUT2D eigenvalue weighted by atomic mass is 16.1. The van der Waals surface area contributed by atoms with Crippen molar-refractivity contribution >= 4 is 5.78 Å². The van der Waals surface area contributed by atoms with Crippen LogP contribution in [-0.4, -0.2) is 15.6 Å². The molecule has 0 saturated carbocycles. The Morgan fingerprint density at radius 2 is 2.00 bits per heavy atom. The lowest BCUT2D eigenvalue weighted by molar-refractivity contribution is 0.0982. The standard InChI is InChI=1S/C13H20N2O/c1-3-10(4-2)15-12-7-5-6-8-13(16)11(12)9-14-15/h9-10H,3-8H2,1-2H3. The molecule has 0 amide bonds. The van der Waals surface area contributed by atoms with Gasteiger partial charge in [0.25, 0.3) is 0 Å². The second-order valence-electron chi connectivity index (χ2n) is 4.55. The minimum Gasteiger partial charge on any atom is -0.294 e. The molecule has 0 bridgehead atoms. The van der Waals surface area contributed by atoms with Gasteiger partial charge in [-0.1, -0.05) is 13.8 Å². The summed E-state index contributed by atoms with van der Waals surface area (Å²) in [4.78, 5) is 11.9. The molecule has 0 radical (unpaired) electrons. The molecule has 0 aliphatic heterocycles. The first-order chi connectivity index (χ1) is 7.77. The zero-order chi connectivity index (χ0) is 11.5. The number of hydrogen-bond donors (Lipinski definition) is 0. The summed E-state index contributed by atoms with van der Waals surface area (Å²) >= 11 is 0. The Bertz CT molecular complexity index is 377. The van der Waals surface area contributed by atoms with E-state index in [-0.39, 0.29) is 5.78 Å². The molecule has 16 heavy (non-hydrogen) atoms. The highest BCUT2D eigenvalue weighted by Crippen LogP contribution is 2.25. The Morgan fingerprint density at radius 1 is 1.31 bits per heavy atom. The lowest BCUT2D eigenvalue weighted by Gasteiger charge is -2.16. The van der Waals surface area contributed by atoms with Crippen LogP contribution in [0.4, 0.5) is 0 Å². The van der Waals surface area contributed by atoms with Gasteiger partial charge in [0, 0.05) is 12.1 Å². The SMILES string of the molecule is CCC(CC)n1ncc2c1CCCCC2=O. The van der Waals surface area contributed by atoms with Gasteiger partial charge >= 0.3 is 0 Å². The molecule has 0 spiro atoms. The quantitative estimate of drug-likeness (QED) is 0.733. The fourth-order valence-corrected chi connectivity index (χ4v) is 2.53. The third kappa shape index (κ3) is 1.91. The summed E-state index contributed by atoms with van der Waals surface area (Å²) in [5, 5.41) is 4.43. The van der Waals surface area contributed by atoms with Crippen LogP contribution >= 0.6 is 0 Å². The number of carbonyl (C=O) groups is 1. The van der Waals surface area contributed by atoms with E-state index in [0.29, 0.717) is 12.5 Å². The van der Waals surface area contributed by atoms with E-state index >= 15 is 0 Å². The fourth-order valence-electron chi connectivity index (χ4n) is 2.53. The lowest BCUT2D eigenvalue weighted by atomic mass is 10.1. The van der Waals surface area contributed by atoms with E-state index in [1.807, 2.05) is 0 Å². The number of Topliss-reactive ketones (excluding diaryl/α,β-unsaturated/α-hetero) is 1. The van der Waals surface area contributed by atoms with E-state index in [4.69, 9.17) is 0 Å². The van der Waals surface area contributed by atoms with Crippen LogP contribution in [-0.2, 0) is 6.42 Å². The lowest BCUT2D eigenvalue weighted by Crippen LogP contribution is -2.13. The largest absolute Gasteiger partial charge is 0.294 e. The van der Waals surface area contributed by atoms with E-state index < -0.39 is 0 Å². The van der Waals surface area contributed by atoms with Crippen LogP contribution in [0.15, 0.2) is 6.20 Å². The molecule has 0 saturated heterocycles. The zero-order valence-electron chi connectivity index (χ0n) is 10.2. The van der Waals surface area contributed by atoms with Gasteiger partial charge < -0.3 is 0 Å². The van der Waals surface area contributed by atoms with Crippen molar-refractivity contribution in [1.29, 1.82) is 0 Å². The Balaban J connectivity index is 2.38. The summed E-state index contributed by atoms with van der Waals surface area (Å²) in [6.45, 7) is 4.36. The predicted octanol–water partition coefficient (Wildman–Crippen LogP) is 3.15. The monoisotopic (exact) mass is 220 g/mol. The van der Waals surface area contributed by atoms with Crippen LogP contribution in [0, 0.1) is 0 Å². The number of fused-ring (bicyclic) bond motifs is 1. The summed E-state index contributed by atoms with van der Waals surface area (Å²) in [6.07, 6.45) is 7.79. The number of hydrogen-bond acceptors (Lipinski definition) is 2. The van der Waals surface area contributed by atoms with Crippen molar-refractivity contribution in [3.8, 4) is 0 Å². The molecule has 1 heterocycles. The van der Waals surface area contributed by atoms with Crippen molar-refractivity contribution in [3.05, 3.63) is 17.5 Å². The summed E-state index contributed by atoms with van der Waals surface area (Å²) in [5.41, 5.74) is 2.06. The first-order valence-corrected chi connectivity index (χ1v) is 6.37. The van der Waals surface area contributed by atoms with Crippen molar-refractivity contribution < 1.29 is 4.79 Å². The number of rotatable bonds is 3. The van der Waals surface area contributed by atoms with Crippen LogP contribution < -0.4 is 0 Å². The van der Waals surface area contributed by atoms with Gasteiger partial charge in [-0.15, -0.1) is 0 Å². The maximum atomic E-state index is 11.9. The van der Waals surface area contributed by atoms with Crippen molar-refractivity contribution in [1.82, 2.24) is 9.78 Å². The van der Waals surface area contributed by atoms with Crippen molar-refractivity contribution in [2.24, 2.45) is 0 Å². The molecule has 0 atom stereocenters. The maximum absolute atomic E-state index is 11.9. The first kappa shape index (κ1) is 11.4. The minimum atomic E-state index is 0.282. The third-order valence-corrected chi connectivity index (χ3v) is 3.55. The van der Waals surface area contributed by atoms with Crippen LogP contribution in [0.5, 0.6) is 0 Å². The first-order valence-electron chi connectivity index (χ1n) is 6.37. The second-order valence-corrected chi connectivity index (χ2v) is 4.55. The second kappa shape index (κ2) is 4.81. The molecular weight excluding hydrogens is 200 g/mol. The van der Waals surface area contributed by atoms with Gasteiger partial charge in [-0.05, 0) is 32.1 Å².